The van der Waals surface area contributed by atoms with Crippen LogP contribution in [0.3, 0.4) is 0 Å². The van der Waals surface area contributed by atoms with Crippen molar-refractivity contribution in [1.82, 2.24) is 5.32 Å². The highest BCUT2D eigenvalue weighted by atomic mass is 16.4. The number of nitrogens with one attached hydrogen (secondary N) is 2. The van der Waals surface area contributed by atoms with Crippen LogP contribution in [0.4, 0.5) is 5.69 Å². The lowest BCUT2D eigenvalue weighted by Crippen LogP contribution is -2.29. The van der Waals surface area contributed by atoms with Gasteiger partial charge in [-0.1, -0.05) is 27.2 Å². The number of carbonyl (C=O) groups is 3. The molecule has 1 rings (SSSR count). The van der Waals surface area contributed by atoms with Crippen LogP contribution in [0, 0.1) is 11.8 Å². The number of hydrogen-bond acceptors (Lipinski definition) is 3. The van der Waals surface area contributed by atoms with Crippen molar-refractivity contribution in [3.63, 3.8) is 0 Å². The van der Waals surface area contributed by atoms with E-state index in [0.717, 1.165) is 6.42 Å². The first-order chi connectivity index (χ1) is 10.3. The molecule has 0 aliphatic carbocycles. The first kappa shape index (κ1) is 17.7. The van der Waals surface area contributed by atoms with Crippen molar-refractivity contribution in [2.75, 3.05) is 11.9 Å². The monoisotopic (exact) mass is 306 g/mol. The third-order valence-electron chi connectivity index (χ3n) is 3.73. The van der Waals surface area contributed by atoms with Crippen molar-refractivity contribution in [3.8, 4) is 0 Å². The fourth-order valence-electron chi connectivity index (χ4n) is 1.83. The van der Waals surface area contributed by atoms with Gasteiger partial charge in [0, 0.05) is 17.2 Å². The second-order valence-corrected chi connectivity index (χ2v) is 5.32. The molecule has 0 fully saturated rings. The van der Waals surface area contributed by atoms with Gasteiger partial charge < -0.3 is 15.7 Å². The molecule has 120 valence electrons. The molecule has 0 aliphatic rings. The topological polar surface area (TPSA) is 95.5 Å². The summed E-state index contributed by atoms with van der Waals surface area (Å²) in [5.41, 5.74) is 0.948. The Labute approximate surface area is 129 Å². The molecule has 22 heavy (non-hydrogen) atoms. The van der Waals surface area contributed by atoms with Gasteiger partial charge in [-0.05, 0) is 30.2 Å². The molecule has 0 saturated heterocycles. The standard InChI is InChI=1S/C16H22N2O4/c1-4-10(2)11(3)15(21)18-13-7-5-12(6-8-13)16(22)17-9-14(19)20/h5-8,10-11H,4,9H2,1-3H3,(H,17,22)(H,18,21)(H,19,20). The van der Waals surface area contributed by atoms with E-state index in [0.29, 0.717) is 17.2 Å². The lowest BCUT2D eigenvalue weighted by molar-refractivity contribution is -0.135. The number of amides is 2. The zero-order valence-electron chi connectivity index (χ0n) is 13.1. The number of carboxylic acid groups (broad SMARTS) is 1. The summed E-state index contributed by atoms with van der Waals surface area (Å²) in [5.74, 6) is -1.42. The van der Waals surface area contributed by atoms with Crippen molar-refractivity contribution in [2.45, 2.75) is 27.2 Å². The summed E-state index contributed by atoms with van der Waals surface area (Å²) in [6, 6.07) is 6.33. The summed E-state index contributed by atoms with van der Waals surface area (Å²) in [6.45, 7) is 5.53. The third-order valence-corrected chi connectivity index (χ3v) is 3.73. The van der Waals surface area contributed by atoms with Crippen molar-refractivity contribution in [1.29, 1.82) is 0 Å². The number of anilines is 1. The molecule has 2 unspecified atom stereocenters. The zero-order chi connectivity index (χ0) is 16.7. The van der Waals surface area contributed by atoms with Gasteiger partial charge in [-0.3, -0.25) is 14.4 Å². The molecule has 2 atom stereocenters. The molecule has 0 heterocycles. The minimum Gasteiger partial charge on any atom is -0.480 e. The molecule has 0 bridgehead atoms. The van der Waals surface area contributed by atoms with Crippen LogP contribution < -0.4 is 10.6 Å². The quantitative estimate of drug-likeness (QED) is 0.719. The maximum atomic E-state index is 12.1. The lowest BCUT2D eigenvalue weighted by Gasteiger charge is -2.17. The first-order valence-corrected chi connectivity index (χ1v) is 7.26. The Morgan fingerprint density at radius 1 is 1.14 bits per heavy atom. The zero-order valence-corrected chi connectivity index (χ0v) is 13.1. The van der Waals surface area contributed by atoms with Crippen molar-refractivity contribution in [3.05, 3.63) is 29.8 Å². The number of carbonyl (C=O) groups excluding carboxylic acids is 2. The van der Waals surface area contributed by atoms with Gasteiger partial charge in [0.2, 0.25) is 5.91 Å². The number of benzene rings is 1. The van der Waals surface area contributed by atoms with E-state index in [1.54, 1.807) is 24.3 Å². The summed E-state index contributed by atoms with van der Waals surface area (Å²) in [5, 5.41) is 13.6. The maximum Gasteiger partial charge on any atom is 0.322 e. The van der Waals surface area contributed by atoms with Crippen LogP contribution in [0.1, 0.15) is 37.6 Å². The van der Waals surface area contributed by atoms with Crippen LogP contribution in [0.5, 0.6) is 0 Å². The number of hydrogen-bond donors (Lipinski definition) is 3. The van der Waals surface area contributed by atoms with E-state index in [2.05, 4.69) is 10.6 Å². The SMILES string of the molecule is CCC(C)C(C)C(=O)Nc1ccc(C(=O)NCC(=O)O)cc1. The van der Waals surface area contributed by atoms with Gasteiger partial charge in [0.05, 0.1) is 0 Å². The van der Waals surface area contributed by atoms with E-state index >= 15 is 0 Å². The molecule has 2 amide bonds. The number of rotatable bonds is 7. The molecular formula is C16H22N2O4. The predicted octanol–water partition coefficient (Wildman–Crippen LogP) is 2.12. The second kappa shape index (κ2) is 8.17. The molecule has 1 aromatic rings. The van der Waals surface area contributed by atoms with Crippen LogP contribution in [0.15, 0.2) is 24.3 Å². The van der Waals surface area contributed by atoms with Crippen LogP contribution in [0.2, 0.25) is 0 Å². The van der Waals surface area contributed by atoms with E-state index < -0.39 is 18.4 Å². The fourth-order valence-corrected chi connectivity index (χ4v) is 1.83. The lowest BCUT2D eigenvalue weighted by atomic mass is 9.93. The highest BCUT2D eigenvalue weighted by Crippen LogP contribution is 2.17. The average molecular weight is 306 g/mol. The minimum absolute atomic E-state index is 0.0579. The average Bonchev–Trinajstić information content (AvgIpc) is 2.51. The van der Waals surface area contributed by atoms with Gasteiger partial charge in [-0.2, -0.15) is 0 Å². The first-order valence-electron chi connectivity index (χ1n) is 7.26. The minimum atomic E-state index is -1.10. The van der Waals surface area contributed by atoms with Gasteiger partial charge >= 0.3 is 5.97 Å². The Kier molecular flexibility index (Phi) is 6.56. The van der Waals surface area contributed by atoms with Crippen molar-refractivity contribution in [2.24, 2.45) is 11.8 Å². The fraction of sp³-hybridized carbons (Fsp3) is 0.438. The van der Waals surface area contributed by atoms with Gasteiger partial charge in [0.15, 0.2) is 0 Å². The van der Waals surface area contributed by atoms with E-state index in [4.69, 9.17) is 5.11 Å². The van der Waals surface area contributed by atoms with E-state index in [-0.39, 0.29) is 11.8 Å². The molecule has 6 heteroatoms. The molecule has 0 saturated carbocycles. The second-order valence-electron chi connectivity index (χ2n) is 5.32. The summed E-state index contributed by atoms with van der Waals surface area (Å²) >= 11 is 0. The Morgan fingerprint density at radius 2 is 1.73 bits per heavy atom. The Balaban J connectivity index is 2.63. The van der Waals surface area contributed by atoms with Gasteiger partial charge in [0.1, 0.15) is 6.54 Å². The summed E-state index contributed by atoms with van der Waals surface area (Å²) in [7, 11) is 0. The highest BCUT2D eigenvalue weighted by molar-refractivity contribution is 5.97. The van der Waals surface area contributed by atoms with Crippen LogP contribution in [-0.4, -0.2) is 29.4 Å². The Bertz CT molecular complexity index is 540. The van der Waals surface area contributed by atoms with Gasteiger partial charge in [-0.15, -0.1) is 0 Å². The molecule has 3 N–H and O–H groups in total. The van der Waals surface area contributed by atoms with E-state index in [1.165, 1.54) is 0 Å². The Hall–Kier alpha value is -2.37. The molecule has 0 aromatic heterocycles. The molecular weight excluding hydrogens is 284 g/mol. The predicted molar refractivity (Wildman–Crippen MR) is 83.7 cm³/mol. The van der Waals surface area contributed by atoms with Gasteiger partial charge in [0.25, 0.3) is 5.91 Å². The molecule has 0 radical (unpaired) electrons. The third kappa shape index (κ3) is 5.20. The highest BCUT2D eigenvalue weighted by Gasteiger charge is 2.18. The van der Waals surface area contributed by atoms with Crippen molar-refractivity contribution >= 4 is 23.5 Å². The Morgan fingerprint density at radius 3 is 2.23 bits per heavy atom. The molecule has 6 nitrogen and oxygen atoms in total. The normalized spacial score (nSPS) is 13.0. The van der Waals surface area contributed by atoms with Crippen molar-refractivity contribution < 1.29 is 19.5 Å². The van der Waals surface area contributed by atoms with Crippen LogP contribution >= 0.6 is 0 Å². The summed E-state index contributed by atoms with van der Waals surface area (Å²) in [4.78, 5) is 34.1. The summed E-state index contributed by atoms with van der Waals surface area (Å²) < 4.78 is 0. The molecule has 0 aliphatic heterocycles. The summed E-state index contributed by atoms with van der Waals surface area (Å²) in [6.07, 6.45) is 0.928. The molecule has 1 aromatic carbocycles. The smallest absolute Gasteiger partial charge is 0.322 e. The van der Waals surface area contributed by atoms with E-state index in [9.17, 15) is 14.4 Å². The largest absolute Gasteiger partial charge is 0.480 e. The number of aliphatic carboxylic acids is 1. The van der Waals surface area contributed by atoms with Crippen LogP contribution in [-0.2, 0) is 9.59 Å². The maximum absolute atomic E-state index is 12.1. The van der Waals surface area contributed by atoms with E-state index in [1.807, 2.05) is 20.8 Å². The molecule has 0 spiro atoms. The number of carboxylic acids is 1. The van der Waals surface area contributed by atoms with Gasteiger partial charge in [-0.25, -0.2) is 0 Å². The van der Waals surface area contributed by atoms with Crippen LogP contribution in [0.25, 0.3) is 0 Å².